The molecule has 2 rings (SSSR count). The molecule has 15 heavy (non-hydrogen) atoms. The number of anilines is 1. The highest BCUT2D eigenvalue weighted by molar-refractivity contribution is 7.99. The van der Waals surface area contributed by atoms with Crippen molar-refractivity contribution in [1.82, 2.24) is 9.97 Å². The SMILES string of the molecule is Nc1nc(SCC(F)F)nc2sccc12. The predicted molar refractivity (Wildman–Crippen MR) is 58.6 cm³/mol. The number of hydrogen-bond donors (Lipinski definition) is 1. The molecule has 0 aromatic carbocycles. The Kier molecular flexibility index (Phi) is 3.01. The summed E-state index contributed by atoms with van der Waals surface area (Å²) in [6.07, 6.45) is -2.36. The summed E-state index contributed by atoms with van der Waals surface area (Å²) in [6, 6.07) is 1.82. The molecule has 0 amide bonds. The average molecular weight is 247 g/mol. The van der Waals surface area contributed by atoms with Gasteiger partial charge in [-0.1, -0.05) is 11.8 Å². The first-order valence-corrected chi connectivity index (χ1v) is 5.95. The van der Waals surface area contributed by atoms with Crippen molar-refractivity contribution < 1.29 is 8.78 Å². The first-order valence-electron chi connectivity index (χ1n) is 4.08. The largest absolute Gasteiger partial charge is 0.383 e. The van der Waals surface area contributed by atoms with E-state index in [2.05, 4.69) is 9.97 Å². The molecule has 0 saturated carbocycles. The van der Waals surface area contributed by atoms with E-state index in [1.54, 1.807) is 0 Å². The zero-order valence-electron chi connectivity index (χ0n) is 7.48. The van der Waals surface area contributed by atoms with E-state index in [1.807, 2.05) is 11.4 Å². The van der Waals surface area contributed by atoms with Crippen LogP contribution in [-0.4, -0.2) is 22.1 Å². The van der Waals surface area contributed by atoms with Gasteiger partial charge in [-0.25, -0.2) is 18.7 Å². The highest BCUT2D eigenvalue weighted by Gasteiger charge is 2.09. The van der Waals surface area contributed by atoms with E-state index in [0.29, 0.717) is 11.0 Å². The maximum atomic E-state index is 12.0. The Hall–Kier alpha value is -0.950. The highest BCUT2D eigenvalue weighted by atomic mass is 32.2. The van der Waals surface area contributed by atoms with Gasteiger partial charge >= 0.3 is 0 Å². The summed E-state index contributed by atoms with van der Waals surface area (Å²) in [4.78, 5) is 8.81. The second-order valence-corrected chi connectivity index (χ2v) is 4.61. The van der Waals surface area contributed by atoms with E-state index >= 15 is 0 Å². The molecule has 0 bridgehead atoms. The molecule has 0 fully saturated rings. The second-order valence-electron chi connectivity index (χ2n) is 2.73. The van der Waals surface area contributed by atoms with Crippen molar-refractivity contribution in [3.05, 3.63) is 11.4 Å². The van der Waals surface area contributed by atoms with E-state index in [4.69, 9.17) is 5.73 Å². The summed E-state index contributed by atoms with van der Waals surface area (Å²) in [5.41, 5.74) is 5.66. The number of nitrogens with two attached hydrogens (primary N) is 1. The normalized spacial score (nSPS) is 11.4. The monoisotopic (exact) mass is 247 g/mol. The van der Waals surface area contributed by atoms with Crippen LogP contribution in [0.3, 0.4) is 0 Å². The van der Waals surface area contributed by atoms with E-state index in [9.17, 15) is 8.78 Å². The van der Waals surface area contributed by atoms with Crippen molar-refractivity contribution in [3.8, 4) is 0 Å². The van der Waals surface area contributed by atoms with Gasteiger partial charge in [-0.2, -0.15) is 0 Å². The molecule has 0 saturated heterocycles. The van der Waals surface area contributed by atoms with E-state index in [1.165, 1.54) is 11.3 Å². The van der Waals surface area contributed by atoms with Gasteiger partial charge in [-0.3, -0.25) is 0 Å². The van der Waals surface area contributed by atoms with E-state index in [-0.39, 0.29) is 5.75 Å². The van der Waals surface area contributed by atoms with Crippen molar-refractivity contribution in [2.24, 2.45) is 0 Å². The molecule has 0 aliphatic carbocycles. The molecule has 0 aliphatic heterocycles. The Morgan fingerprint density at radius 2 is 2.27 bits per heavy atom. The minimum atomic E-state index is -2.36. The maximum Gasteiger partial charge on any atom is 0.248 e. The van der Waals surface area contributed by atoms with Crippen molar-refractivity contribution in [1.29, 1.82) is 0 Å². The zero-order chi connectivity index (χ0) is 10.8. The summed E-state index contributed by atoms with van der Waals surface area (Å²) in [5, 5.41) is 2.93. The molecule has 0 radical (unpaired) electrons. The molecule has 2 heterocycles. The Balaban J connectivity index is 2.28. The van der Waals surface area contributed by atoms with Crippen molar-refractivity contribution >= 4 is 39.1 Å². The average Bonchev–Trinajstić information content (AvgIpc) is 2.63. The van der Waals surface area contributed by atoms with Crippen molar-refractivity contribution in [2.75, 3.05) is 11.5 Å². The number of hydrogen-bond acceptors (Lipinski definition) is 5. The molecule has 2 N–H and O–H groups in total. The summed E-state index contributed by atoms with van der Waals surface area (Å²) < 4.78 is 23.9. The lowest BCUT2D eigenvalue weighted by molar-refractivity contribution is 0.176. The summed E-state index contributed by atoms with van der Waals surface area (Å²) in [5.74, 6) is 0.0362. The first kappa shape index (κ1) is 10.6. The molecule has 7 heteroatoms. The minimum Gasteiger partial charge on any atom is -0.383 e. The van der Waals surface area contributed by atoms with Crippen LogP contribution in [0.1, 0.15) is 0 Å². The smallest absolute Gasteiger partial charge is 0.248 e. The molecular weight excluding hydrogens is 240 g/mol. The standard InChI is InChI=1S/C8H7F2N3S2/c9-5(10)3-15-8-12-6(11)4-1-2-14-7(4)13-8/h1-2,5H,3H2,(H2,11,12,13). The van der Waals surface area contributed by atoms with Crippen LogP contribution in [0, 0.1) is 0 Å². The summed E-state index contributed by atoms with van der Waals surface area (Å²) in [6.45, 7) is 0. The molecular formula is C8H7F2N3S2. The highest BCUT2D eigenvalue weighted by Crippen LogP contribution is 2.26. The molecule has 2 aromatic heterocycles. The number of halogens is 2. The van der Waals surface area contributed by atoms with Crippen molar-refractivity contribution in [3.63, 3.8) is 0 Å². The topological polar surface area (TPSA) is 51.8 Å². The molecule has 0 unspecified atom stereocenters. The minimum absolute atomic E-state index is 0.308. The molecule has 80 valence electrons. The molecule has 0 spiro atoms. The van der Waals surface area contributed by atoms with Gasteiger partial charge in [0.05, 0.1) is 11.1 Å². The number of thiophene rings is 1. The molecule has 3 nitrogen and oxygen atoms in total. The van der Waals surface area contributed by atoms with Gasteiger partial charge in [0.2, 0.25) is 6.43 Å². The summed E-state index contributed by atoms with van der Waals surface area (Å²) >= 11 is 2.33. The Bertz CT molecular complexity index is 472. The third-order valence-electron chi connectivity index (χ3n) is 1.67. The van der Waals surface area contributed by atoms with Crippen LogP contribution in [0.4, 0.5) is 14.6 Å². The number of fused-ring (bicyclic) bond motifs is 1. The van der Waals surface area contributed by atoms with Crippen LogP contribution in [0.2, 0.25) is 0 Å². The third kappa shape index (κ3) is 2.35. The number of rotatable bonds is 3. The number of alkyl halides is 2. The lowest BCUT2D eigenvalue weighted by Crippen LogP contribution is -1.98. The summed E-state index contributed by atoms with van der Waals surface area (Å²) in [7, 11) is 0. The lowest BCUT2D eigenvalue weighted by Gasteiger charge is -2.01. The fraction of sp³-hybridized carbons (Fsp3) is 0.250. The van der Waals surface area contributed by atoms with E-state index < -0.39 is 6.43 Å². The van der Waals surface area contributed by atoms with Gasteiger partial charge in [0, 0.05) is 0 Å². The number of aromatic nitrogens is 2. The number of nitrogen functional groups attached to an aromatic ring is 1. The van der Waals surface area contributed by atoms with Gasteiger partial charge < -0.3 is 5.73 Å². The van der Waals surface area contributed by atoms with Gasteiger partial charge in [-0.15, -0.1) is 11.3 Å². The maximum absolute atomic E-state index is 12.0. The van der Waals surface area contributed by atoms with Gasteiger partial charge in [0.15, 0.2) is 5.16 Å². The van der Waals surface area contributed by atoms with Gasteiger partial charge in [0.25, 0.3) is 0 Å². The number of thioether (sulfide) groups is 1. The van der Waals surface area contributed by atoms with Crippen LogP contribution >= 0.6 is 23.1 Å². The Morgan fingerprint density at radius 3 is 3.00 bits per heavy atom. The fourth-order valence-electron chi connectivity index (χ4n) is 1.06. The van der Waals surface area contributed by atoms with Crippen LogP contribution in [0.25, 0.3) is 10.2 Å². The molecule has 0 atom stereocenters. The van der Waals surface area contributed by atoms with Gasteiger partial charge in [0.1, 0.15) is 10.6 Å². The lowest BCUT2D eigenvalue weighted by atomic mass is 10.4. The zero-order valence-corrected chi connectivity index (χ0v) is 9.12. The van der Waals surface area contributed by atoms with Gasteiger partial charge in [-0.05, 0) is 11.4 Å². The van der Waals surface area contributed by atoms with Crippen LogP contribution in [0.15, 0.2) is 16.6 Å². The third-order valence-corrected chi connectivity index (χ3v) is 3.34. The second kappa shape index (κ2) is 4.28. The quantitative estimate of drug-likeness (QED) is 0.669. The first-order chi connectivity index (χ1) is 7.16. The van der Waals surface area contributed by atoms with Crippen molar-refractivity contribution in [2.45, 2.75) is 11.6 Å². The van der Waals surface area contributed by atoms with Crippen LogP contribution in [0.5, 0.6) is 0 Å². The fourth-order valence-corrected chi connectivity index (χ4v) is 2.48. The number of nitrogens with zero attached hydrogens (tertiary/aromatic N) is 2. The molecule has 2 aromatic rings. The van der Waals surface area contributed by atoms with Crippen LogP contribution in [-0.2, 0) is 0 Å². The van der Waals surface area contributed by atoms with Crippen LogP contribution < -0.4 is 5.73 Å². The molecule has 0 aliphatic rings. The van der Waals surface area contributed by atoms with E-state index in [0.717, 1.165) is 22.0 Å². The Morgan fingerprint density at radius 1 is 1.47 bits per heavy atom. The Labute approximate surface area is 92.7 Å². The predicted octanol–water partition coefficient (Wildman–Crippen LogP) is 2.63.